The third-order valence-corrected chi connectivity index (χ3v) is 5.71. The summed E-state index contributed by atoms with van der Waals surface area (Å²) in [5.41, 5.74) is 0.505. The van der Waals surface area contributed by atoms with Crippen LogP contribution in [0.15, 0.2) is 6.20 Å². The van der Waals surface area contributed by atoms with Crippen molar-refractivity contribution in [2.24, 2.45) is 5.41 Å². The number of aryl methyl sites for hydroxylation is 1. The van der Waals surface area contributed by atoms with Crippen LogP contribution in [0.5, 0.6) is 0 Å². The average molecular weight is 316 g/mol. The molecule has 0 bridgehead atoms. The molecule has 0 amide bonds. The van der Waals surface area contributed by atoms with E-state index in [1.807, 2.05) is 17.5 Å². The number of halogens is 1. The van der Waals surface area contributed by atoms with Gasteiger partial charge in [0.15, 0.2) is 0 Å². The molecule has 3 nitrogen and oxygen atoms in total. The second-order valence-corrected chi connectivity index (χ2v) is 7.86. The molecule has 3 heterocycles. The minimum atomic E-state index is 0. The van der Waals surface area contributed by atoms with Gasteiger partial charge in [-0.15, -0.1) is 23.7 Å². The van der Waals surface area contributed by atoms with E-state index in [2.05, 4.69) is 29.0 Å². The first-order valence-electron chi connectivity index (χ1n) is 7.50. The Morgan fingerprint density at radius 3 is 2.75 bits per heavy atom. The van der Waals surface area contributed by atoms with E-state index < -0.39 is 0 Å². The summed E-state index contributed by atoms with van der Waals surface area (Å²) >= 11 is 1.89. The van der Waals surface area contributed by atoms with Crippen molar-refractivity contribution in [3.8, 4) is 0 Å². The fourth-order valence-electron chi connectivity index (χ4n) is 3.44. The number of hydrogen-bond donors (Lipinski definition) is 1. The quantitative estimate of drug-likeness (QED) is 0.929. The largest absolute Gasteiger partial charge is 0.316 e. The fraction of sp³-hybridized carbons (Fsp3) is 0.800. The van der Waals surface area contributed by atoms with Crippen molar-refractivity contribution in [1.29, 1.82) is 0 Å². The lowest BCUT2D eigenvalue weighted by Crippen LogP contribution is -2.41. The van der Waals surface area contributed by atoms with Crippen LogP contribution in [-0.4, -0.2) is 42.6 Å². The molecule has 2 aliphatic heterocycles. The van der Waals surface area contributed by atoms with Gasteiger partial charge in [0.1, 0.15) is 0 Å². The maximum Gasteiger partial charge on any atom is 0.0959 e. The summed E-state index contributed by atoms with van der Waals surface area (Å²) in [6, 6.07) is 0. The highest BCUT2D eigenvalue weighted by Crippen LogP contribution is 2.33. The van der Waals surface area contributed by atoms with E-state index in [9.17, 15) is 0 Å². The van der Waals surface area contributed by atoms with E-state index >= 15 is 0 Å². The van der Waals surface area contributed by atoms with Crippen LogP contribution in [-0.2, 0) is 0 Å². The molecule has 20 heavy (non-hydrogen) atoms. The van der Waals surface area contributed by atoms with E-state index in [1.54, 1.807) is 0 Å². The topological polar surface area (TPSA) is 28.2 Å². The van der Waals surface area contributed by atoms with Crippen molar-refractivity contribution in [3.05, 3.63) is 16.1 Å². The monoisotopic (exact) mass is 315 g/mol. The molecule has 114 valence electrons. The van der Waals surface area contributed by atoms with E-state index in [-0.39, 0.29) is 12.4 Å². The van der Waals surface area contributed by atoms with Crippen LogP contribution < -0.4 is 5.32 Å². The Hall–Kier alpha value is -0.160. The number of nitrogens with zero attached hydrogens (tertiary/aromatic N) is 2. The molecule has 0 spiro atoms. The van der Waals surface area contributed by atoms with Gasteiger partial charge < -0.3 is 10.2 Å². The number of hydrogen-bond acceptors (Lipinski definition) is 4. The molecule has 1 aromatic heterocycles. The van der Waals surface area contributed by atoms with Gasteiger partial charge >= 0.3 is 0 Å². The summed E-state index contributed by atoms with van der Waals surface area (Å²) in [5.74, 6) is 0.712. The summed E-state index contributed by atoms with van der Waals surface area (Å²) < 4.78 is 0. The summed E-state index contributed by atoms with van der Waals surface area (Å²) in [7, 11) is 0. The van der Waals surface area contributed by atoms with Crippen LogP contribution in [0.1, 0.15) is 42.0 Å². The molecule has 1 unspecified atom stereocenters. The number of likely N-dealkylation sites (tertiary alicyclic amines) is 1. The first kappa shape index (κ1) is 16.2. The molecule has 1 N–H and O–H groups in total. The highest BCUT2D eigenvalue weighted by atomic mass is 35.5. The molecule has 0 aliphatic carbocycles. The molecule has 1 aromatic rings. The highest BCUT2D eigenvalue weighted by Gasteiger charge is 2.32. The van der Waals surface area contributed by atoms with Crippen LogP contribution >= 0.6 is 23.7 Å². The standard InChI is InChI=1S/C15H25N3S.ClH/c1-12-9-17-14(19-12)13-3-7-18(8-4-13)11-15(2)5-6-16-10-15;/h9,13,16H,3-8,10-11H2,1-2H3;1H. The maximum absolute atomic E-state index is 4.57. The number of nitrogens with one attached hydrogen (secondary N) is 1. The first-order valence-corrected chi connectivity index (χ1v) is 8.32. The second kappa shape index (κ2) is 6.73. The van der Waals surface area contributed by atoms with Gasteiger partial charge in [-0.05, 0) is 51.2 Å². The lowest BCUT2D eigenvalue weighted by Gasteiger charge is -2.36. The van der Waals surface area contributed by atoms with E-state index in [0.29, 0.717) is 11.3 Å². The van der Waals surface area contributed by atoms with Crippen LogP contribution in [0.2, 0.25) is 0 Å². The van der Waals surface area contributed by atoms with Gasteiger partial charge in [0, 0.05) is 30.1 Å². The van der Waals surface area contributed by atoms with Crippen LogP contribution in [0.3, 0.4) is 0 Å². The maximum atomic E-state index is 4.57. The summed E-state index contributed by atoms with van der Waals surface area (Å²) in [6.07, 6.45) is 5.93. The van der Waals surface area contributed by atoms with Crippen molar-refractivity contribution in [2.45, 2.75) is 39.0 Å². The molecular weight excluding hydrogens is 290 g/mol. The third kappa shape index (κ3) is 3.73. The van der Waals surface area contributed by atoms with Gasteiger partial charge in [0.05, 0.1) is 5.01 Å². The molecular formula is C15H26ClN3S. The third-order valence-electron chi connectivity index (χ3n) is 4.64. The smallest absolute Gasteiger partial charge is 0.0959 e. The number of rotatable bonds is 3. The fourth-order valence-corrected chi connectivity index (χ4v) is 4.39. The number of piperidine rings is 1. The zero-order valence-corrected chi connectivity index (χ0v) is 14.2. The molecule has 0 saturated carbocycles. The molecule has 2 saturated heterocycles. The second-order valence-electron chi connectivity index (χ2n) is 6.60. The van der Waals surface area contributed by atoms with Gasteiger partial charge in [-0.2, -0.15) is 0 Å². The van der Waals surface area contributed by atoms with Crippen molar-refractivity contribution in [2.75, 3.05) is 32.7 Å². The van der Waals surface area contributed by atoms with Crippen LogP contribution in [0.25, 0.3) is 0 Å². The Labute approximate surface area is 132 Å². The first-order chi connectivity index (χ1) is 9.15. The Morgan fingerprint density at radius 1 is 1.45 bits per heavy atom. The number of aromatic nitrogens is 1. The minimum Gasteiger partial charge on any atom is -0.316 e. The molecule has 3 rings (SSSR count). The van der Waals surface area contributed by atoms with Crippen molar-refractivity contribution in [3.63, 3.8) is 0 Å². The SMILES string of the molecule is Cc1cnc(C2CCN(CC3(C)CCNC3)CC2)s1.Cl. The zero-order chi connectivity index (χ0) is 13.3. The summed E-state index contributed by atoms with van der Waals surface area (Å²) in [5, 5.41) is 4.87. The van der Waals surface area contributed by atoms with Crippen LogP contribution in [0, 0.1) is 12.3 Å². The summed E-state index contributed by atoms with van der Waals surface area (Å²) in [4.78, 5) is 8.59. The lowest BCUT2D eigenvalue weighted by molar-refractivity contribution is 0.144. The van der Waals surface area contributed by atoms with Gasteiger partial charge in [-0.3, -0.25) is 0 Å². The lowest BCUT2D eigenvalue weighted by atomic mass is 9.87. The predicted molar refractivity (Wildman–Crippen MR) is 88.1 cm³/mol. The van der Waals surface area contributed by atoms with E-state index in [1.165, 1.54) is 61.9 Å². The highest BCUT2D eigenvalue weighted by molar-refractivity contribution is 7.11. The Bertz CT molecular complexity index is 421. The average Bonchev–Trinajstić information content (AvgIpc) is 3.00. The zero-order valence-electron chi connectivity index (χ0n) is 12.5. The Balaban J connectivity index is 0.00000147. The molecule has 5 heteroatoms. The van der Waals surface area contributed by atoms with E-state index in [4.69, 9.17) is 0 Å². The van der Waals surface area contributed by atoms with Crippen molar-refractivity contribution in [1.82, 2.24) is 15.2 Å². The molecule has 0 radical (unpaired) electrons. The summed E-state index contributed by atoms with van der Waals surface area (Å²) in [6.45, 7) is 10.7. The van der Waals surface area contributed by atoms with Gasteiger partial charge in [-0.25, -0.2) is 4.98 Å². The normalized spacial score (nSPS) is 28.5. The molecule has 0 aromatic carbocycles. The Morgan fingerprint density at radius 2 is 2.20 bits per heavy atom. The molecule has 2 aliphatic rings. The van der Waals surface area contributed by atoms with Gasteiger partial charge in [0.25, 0.3) is 0 Å². The van der Waals surface area contributed by atoms with Gasteiger partial charge in [0.2, 0.25) is 0 Å². The molecule has 1 atom stereocenters. The van der Waals surface area contributed by atoms with Crippen molar-refractivity contribution >= 4 is 23.7 Å². The molecule has 2 fully saturated rings. The Kier molecular flexibility index (Phi) is 5.46. The predicted octanol–water partition coefficient (Wildman–Crippen LogP) is 3.05. The van der Waals surface area contributed by atoms with Crippen molar-refractivity contribution < 1.29 is 0 Å². The van der Waals surface area contributed by atoms with E-state index in [0.717, 1.165) is 0 Å². The number of thiazole rings is 1. The van der Waals surface area contributed by atoms with Crippen LogP contribution in [0.4, 0.5) is 0 Å². The minimum absolute atomic E-state index is 0. The van der Waals surface area contributed by atoms with Gasteiger partial charge in [-0.1, -0.05) is 6.92 Å².